The van der Waals surface area contributed by atoms with Gasteiger partial charge in [0.25, 0.3) is 0 Å². The molecular formula is C26H26ClF4N7O2. The van der Waals surface area contributed by atoms with Crippen molar-refractivity contribution in [3.8, 4) is 29.1 Å². The fraction of sp³-hybridized carbons (Fsp3) is 0.462. The van der Waals surface area contributed by atoms with Gasteiger partial charge in [0.1, 0.15) is 30.4 Å². The molecule has 2 N–H and O–H groups in total. The lowest BCUT2D eigenvalue weighted by Crippen LogP contribution is -2.40. The third-order valence-electron chi connectivity index (χ3n) is 6.79. The van der Waals surface area contributed by atoms with Gasteiger partial charge in [0, 0.05) is 12.6 Å². The van der Waals surface area contributed by atoms with E-state index in [1.54, 1.807) is 0 Å². The molecule has 40 heavy (non-hydrogen) atoms. The van der Waals surface area contributed by atoms with Crippen molar-refractivity contribution < 1.29 is 27.0 Å². The van der Waals surface area contributed by atoms with Crippen LogP contribution in [0.3, 0.4) is 0 Å². The molecule has 2 aromatic heterocycles. The van der Waals surface area contributed by atoms with E-state index in [0.717, 1.165) is 18.9 Å². The van der Waals surface area contributed by atoms with Gasteiger partial charge in [-0.3, -0.25) is 0 Å². The number of hydrogen-bond donors (Lipinski definition) is 1. The van der Waals surface area contributed by atoms with Crippen LogP contribution in [0.25, 0.3) is 22.2 Å². The number of aryl methyl sites for hydroxylation is 1. The Labute approximate surface area is 232 Å². The molecule has 1 aliphatic heterocycles. The minimum absolute atomic E-state index is 0.0113. The Bertz CT molecular complexity index is 1520. The van der Waals surface area contributed by atoms with Crippen molar-refractivity contribution >= 4 is 34.1 Å². The largest absolute Gasteiger partial charge is 0.489 e. The Hall–Kier alpha value is -3.63. The number of nitriles is 1. The van der Waals surface area contributed by atoms with Gasteiger partial charge in [-0.2, -0.15) is 28.4 Å². The predicted octanol–water partition coefficient (Wildman–Crippen LogP) is 4.98. The van der Waals surface area contributed by atoms with Crippen molar-refractivity contribution in [3.05, 3.63) is 28.0 Å². The summed E-state index contributed by atoms with van der Waals surface area (Å²) in [7, 11) is 3.69. The van der Waals surface area contributed by atoms with Gasteiger partial charge in [0.05, 0.1) is 45.8 Å². The summed E-state index contributed by atoms with van der Waals surface area (Å²) in [5.74, 6) is -1.23. The van der Waals surface area contributed by atoms with Crippen LogP contribution in [0.1, 0.15) is 30.4 Å². The average molecular weight is 580 g/mol. The van der Waals surface area contributed by atoms with Gasteiger partial charge in [-0.1, -0.05) is 11.6 Å². The van der Waals surface area contributed by atoms with Crippen molar-refractivity contribution in [2.75, 3.05) is 44.5 Å². The summed E-state index contributed by atoms with van der Waals surface area (Å²) in [6, 6.07) is 2.57. The quantitative estimate of drug-likeness (QED) is 0.387. The molecule has 0 radical (unpaired) electrons. The van der Waals surface area contributed by atoms with Gasteiger partial charge in [0.2, 0.25) is 0 Å². The second-order valence-corrected chi connectivity index (χ2v) is 10.5. The second kappa shape index (κ2) is 10.4. The third-order valence-corrected chi connectivity index (χ3v) is 7.15. The maximum Gasteiger partial charge on any atom is 0.418 e. The number of aromatic nitrogens is 3. The normalized spacial score (nSPS) is 17.1. The van der Waals surface area contributed by atoms with Gasteiger partial charge in [-0.25, -0.2) is 9.37 Å². The number of benzene rings is 1. The molecule has 212 valence electrons. The van der Waals surface area contributed by atoms with Crippen molar-refractivity contribution in [1.29, 1.82) is 5.26 Å². The third kappa shape index (κ3) is 5.01. The van der Waals surface area contributed by atoms with Crippen molar-refractivity contribution in [3.63, 3.8) is 0 Å². The number of nitrogens with two attached hydrogens (primary N) is 1. The Morgan fingerprint density at radius 1 is 1.27 bits per heavy atom. The van der Waals surface area contributed by atoms with Crippen LogP contribution in [0.15, 0.2) is 6.07 Å². The molecule has 0 spiro atoms. The smallest absolute Gasteiger partial charge is 0.418 e. The van der Waals surface area contributed by atoms with E-state index in [0.29, 0.717) is 6.54 Å². The molecule has 1 saturated carbocycles. The number of pyridine rings is 1. The lowest BCUT2D eigenvalue weighted by atomic mass is 9.98. The minimum Gasteiger partial charge on any atom is -0.489 e. The number of alkyl halides is 3. The molecule has 9 nitrogen and oxygen atoms in total. The lowest BCUT2D eigenvalue weighted by molar-refractivity contribution is -0.137. The number of rotatable bonds is 7. The molecule has 1 atom stereocenters. The van der Waals surface area contributed by atoms with Gasteiger partial charge < -0.3 is 25.0 Å². The van der Waals surface area contributed by atoms with E-state index in [9.17, 15) is 18.4 Å². The number of likely N-dealkylation sites (N-methyl/N-ethyl adjacent to an activating group) is 1. The fourth-order valence-corrected chi connectivity index (χ4v) is 5.23. The summed E-state index contributed by atoms with van der Waals surface area (Å²) >= 11 is 6.67. The van der Waals surface area contributed by atoms with Crippen molar-refractivity contribution in [2.45, 2.75) is 44.4 Å². The lowest BCUT2D eigenvalue weighted by Gasteiger charge is -2.29. The summed E-state index contributed by atoms with van der Waals surface area (Å²) in [6.45, 7) is 1.85. The molecule has 0 saturated heterocycles. The van der Waals surface area contributed by atoms with E-state index in [4.69, 9.17) is 26.8 Å². The monoisotopic (exact) mass is 579 g/mol. The van der Waals surface area contributed by atoms with E-state index < -0.39 is 39.9 Å². The molecule has 0 bridgehead atoms. The van der Waals surface area contributed by atoms with Crippen LogP contribution in [-0.2, 0) is 6.18 Å². The Kier molecular flexibility index (Phi) is 7.26. The number of nitrogens with zero attached hydrogens (tertiary/aromatic N) is 6. The molecule has 14 heteroatoms. The number of anilines is 2. The topological polar surface area (TPSA) is 113 Å². The second-order valence-electron chi connectivity index (χ2n) is 10.1. The van der Waals surface area contributed by atoms with Crippen LogP contribution < -0.4 is 20.1 Å². The summed E-state index contributed by atoms with van der Waals surface area (Å²) in [6.07, 6.45) is -3.20. The first-order chi connectivity index (χ1) is 18.9. The highest BCUT2D eigenvalue weighted by Gasteiger charge is 2.43. The SMILES string of the molecule is Cc1cc(N)nc(-c2c(Cl)c3c4c(nc(OCCN(C)C)nc4c2F)N(C2CC2)C(CC#N)CO3)c1C(F)(F)F. The molecule has 1 aliphatic carbocycles. The van der Waals surface area contributed by atoms with Crippen LogP contribution in [0.2, 0.25) is 5.02 Å². The molecule has 1 aromatic carbocycles. The first kappa shape index (κ1) is 27.9. The first-order valence-corrected chi connectivity index (χ1v) is 12.9. The zero-order chi connectivity index (χ0) is 28.9. The highest BCUT2D eigenvalue weighted by Crippen LogP contribution is 2.51. The Morgan fingerprint density at radius 3 is 2.62 bits per heavy atom. The number of nitrogen functional groups attached to an aromatic ring is 1. The molecule has 2 aliphatic rings. The predicted molar refractivity (Wildman–Crippen MR) is 141 cm³/mol. The molecule has 3 heterocycles. The van der Waals surface area contributed by atoms with Crippen LogP contribution in [0, 0.1) is 24.1 Å². The number of hydrogen-bond acceptors (Lipinski definition) is 9. The van der Waals surface area contributed by atoms with E-state index in [2.05, 4.69) is 21.0 Å². The van der Waals surface area contributed by atoms with Crippen molar-refractivity contribution in [1.82, 2.24) is 19.9 Å². The highest BCUT2D eigenvalue weighted by molar-refractivity contribution is 6.36. The van der Waals surface area contributed by atoms with Crippen LogP contribution >= 0.6 is 11.6 Å². The highest BCUT2D eigenvalue weighted by atomic mass is 35.5. The molecule has 3 aromatic rings. The van der Waals surface area contributed by atoms with Gasteiger partial charge in [-0.15, -0.1) is 0 Å². The van der Waals surface area contributed by atoms with Crippen LogP contribution in [0.5, 0.6) is 11.8 Å². The molecule has 0 amide bonds. The van der Waals surface area contributed by atoms with Crippen LogP contribution in [0.4, 0.5) is 29.2 Å². The molecule has 5 rings (SSSR count). The van der Waals surface area contributed by atoms with Gasteiger partial charge in [0.15, 0.2) is 11.6 Å². The average Bonchev–Trinajstić information content (AvgIpc) is 3.68. The Morgan fingerprint density at radius 2 is 2.00 bits per heavy atom. The first-order valence-electron chi connectivity index (χ1n) is 12.5. The van der Waals surface area contributed by atoms with Gasteiger partial charge >= 0.3 is 12.2 Å². The summed E-state index contributed by atoms with van der Waals surface area (Å²) in [5.41, 5.74) is 2.62. The maximum absolute atomic E-state index is 16.5. The minimum atomic E-state index is -4.89. The molecule has 1 fully saturated rings. The molecule has 1 unspecified atom stereocenters. The summed E-state index contributed by atoms with van der Waals surface area (Å²) in [5, 5.41) is 9.17. The maximum atomic E-state index is 16.5. The van der Waals surface area contributed by atoms with Crippen molar-refractivity contribution in [2.24, 2.45) is 0 Å². The van der Waals surface area contributed by atoms with E-state index in [1.807, 2.05) is 23.9 Å². The van der Waals surface area contributed by atoms with Crippen LogP contribution in [-0.4, -0.2) is 65.8 Å². The van der Waals surface area contributed by atoms with E-state index in [1.165, 1.54) is 6.92 Å². The number of halogens is 5. The Balaban J connectivity index is 1.83. The summed E-state index contributed by atoms with van der Waals surface area (Å²) in [4.78, 5) is 16.5. The van der Waals surface area contributed by atoms with E-state index in [-0.39, 0.29) is 65.5 Å². The standard InChI is InChI=1S/C26H26ClF4N7O2/c1-12-10-15(33)34-21(18(12)26(29,30)31)16-19(27)23-17-22(20(16)28)35-25(39-9-8-37(2)3)36-24(17)38(13-4-5-13)14(6-7-32)11-40-23/h10,13-14H,4-6,8-9,11H2,1-3H3,(H2,33,34). The number of ether oxygens (including phenoxy) is 2. The fourth-order valence-electron chi connectivity index (χ4n) is 4.91. The zero-order valence-corrected chi connectivity index (χ0v) is 22.7. The molecular weight excluding hydrogens is 554 g/mol. The summed E-state index contributed by atoms with van der Waals surface area (Å²) < 4.78 is 70.9. The zero-order valence-electron chi connectivity index (χ0n) is 21.9. The van der Waals surface area contributed by atoms with E-state index >= 15 is 4.39 Å². The van der Waals surface area contributed by atoms with Gasteiger partial charge in [-0.05, 0) is 45.5 Å².